The van der Waals surface area contributed by atoms with Gasteiger partial charge in [0.2, 0.25) is 5.78 Å². The van der Waals surface area contributed by atoms with E-state index in [1.165, 1.54) is 0 Å². The molecule has 0 bridgehead atoms. The Labute approximate surface area is 203 Å². The number of allylic oxidation sites excluding steroid dienone is 1. The summed E-state index contributed by atoms with van der Waals surface area (Å²) >= 11 is 0. The van der Waals surface area contributed by atoms with Crippen LogP contribution in [0.2, 0.25) is 0 Å². The molecule has 0 N–H and O–H groups in total. The molecule has 35 heavy (non-hydrogen) atoms. The van der Waals surface area contributed by atoms with Crippen LogP contribution < -0.4 is 33.3 Å². The lowest BCUT2D eigenvalue weighted by Crippen LogP contribution is -2.32. The van der Waals surface area contributed by atoms with E-state index < -0.39 is 0 Å². The summed E-state index contributed by atoms with van der Waals surface area (Å²) < 4.78 is 33.9. The number of Topliss-reactive ketones (excluding diaryl/α,β-unsaturated/α-hetero) is 1. The molecule has 0 radical (unpaired) electrons. The zero-order valence-corrected chi connectivity index (χ0v) is 19.9. The maximum Gasteiger partial charge on any atom is 0.231 e. The summed E-state index contributed by atoms with van der Waals surface area (Å²) in [4.78, 5) is 15.3. The van der Waals surface area contributed by atoms with Crippen LogP contribution in [0.3, 0.4) is 0 Å². The maximum absolute atomic E-state index is 13.3. The van der Waals surface area contributed by atoms with Gasteiger partial charge in [-0.3, -0.25) is 4.79 Å². The van der Waals surface area contributed by atoms with E-state index in [1.54, 1.807) is 52.7 Å². The van der Waals surface area contributed by atoms with Gasteiger partial charge in [-0.15, -0.1) is 0 Å². The Kier molecular flexibility index (Phi) is 5.86. The molecule has 3 aromatic rings. The smallest absolute Gasteiger partial charge is 0.231 e. The predicted molar refractivity (Wildman–Crippen MR) is 130 cm³/mol. The summed E-state index contributed by atoms with van der Waals surface area (Å²) in [5.41, 5.74) is 2.81. The number of hydrogen-bond donors (Lipinski definition) is 0. The monoisotopic (exact) mass is 475 g/mol. The fourth-order valence-electron chi connectivity index (χ4n) is 4.31. The van der Waals surface area contributed by atoms with E-state index >= 15 is 0 Å². The second kappa shape index (κ2) is 9.13. The van der Waals surface area contributed by atoms with Crippen LogP contribution in [-0.2, 0) is 6.54 Å². The normalized spacial score (nSPS) is 15.1. The number of benzene rings is 3. The maximum atomic E-state index is 13.3. The number of ether oxygens (including phenoxy) is 6. The lowest BCUT2D eigenvalue weighted by Gasteiger charge is -2.32. The molecule has 0 fully saturated rings. The average molecular weight is 475 g/mol. The van der Waals surface area contributed by atoms with Gasteiger partial charge in [0.25, 0.3) is 0 Å². The molecule has 0 amide bonds. The zero-order valence-electron chi connectivity index (χ0n) is 19.9. The molecule has 3 aromatic carbocycles. The van der Waals surface area contributed by atoms with Crippen molar-refractivity contribution in [3.63, 3.8) is 0 Å². The Balaban J connectivity index is 1.51. The van der Waals surface area contributed by atoms with Gasteiger partial charge in [0, 0.05) is 11.6 Å². The SMILES string of the molecule is COc1cc(OC)c(OC)cc1/C=C1\Oc2c(ccc3c2CN(c2ccccc2OC)CO3)C1=O. The van der Waals surface area contributed by atoms with Crippen molar-refractivity contribution >= 4 is 17.5 Å². The van der Waals surface area contributed by atoms with Crippen LogP contribution in [-0.4, -0.2) is 41.0 Å². The first-order valence-electron chi connectivity index (χ1n) is 11.0. The Morgan fingerprint density at radius 3 is 2.31 bits per heavy atom. The molecule has 0 saturated carbocycles. The van der Waals surface area contributed by atoms with Crippen LogP contribution in [0.1, 0.15) is 21.5 Å². The Morgan fingerprint density at radius 2 is 1.57 bits per heavy atom. The molecule has 0 unspecified atom stereocenters. The Morgan fingerprint density at radius 1 is 0.857 bits per heavy atom. The van der Waals surface area contributed by atoms with Gasteiger partial charge < -0.3 is 33.3 Å². The van der Waals surface area contributed by atoms with Gasteiger partial charge in [-0.25, -0.2) is 0 Å². The first kappa shape index (κ1) is 22.5. The van der Waals surface area contributed by atoms with Gasteiger partial charge in [0.15, 0.2) is 24.0 Å². The number of nitrogens with zero attached hydrogens (tertiary/aromatic N) is 1. The summed E-state index contributed by atoms with van der Waals surface area (Å²) in [6.07, 6.45) is 1.65. The quantitative estimate of drug-likeness (QED) is 0.475. The van der Waals surface area contributed by atoms with Crippen LogP contribution in [0.25, 0.3) is 6.08 Å². The van der Waals surface area contributed by atoms with Crippen molar-refractivity contribution in [2.75, 3.05) is 40.1 Å². The van der Waals surface area contributed by atoms with E-state index in [0.717, 1.165) is 17.0 Å². The summed E-state index contributed by atoms with van der Waals surface area (Å²) in [6, 6.07) is 14.7. The lowest BCUT2D eigenvalue weighted by molar-refractivity contribution is 0.101. The van der Waals surface area contributed by atoms with E-state index in [-0.39, 0.29) is 11.5 Å². The van der Waals surface area contributed by atoms with Gasteiger partial charge in [0.1, 0.15) is 23.0 Å². The molecular weight excluding hydrogens is 450 g/mol. The largest absolute Gasteiger partial charge is 0.496 e. The third-order valence-electron chi connectivity index (χ3n) is 6.07. The second-order valence-electron chi connectivity index (χ2n) is 7.95. The molecule has 0 aromatic heterocycles. The summed E-state index contributed by atoms with van der Waals surface area (Å²) in [5, 5.41) is 0. The average Bonchev–Trinajstić information content (AvgIpc) is 3.23. The zero-order chi connectivity index (χ0) is 24.5. The van der Waals surface area contributed by atoms with E-state index in [1.807, 2.05) is 35.2 Å². The number of anilines is 1. The molecule has 2 aliphatic heterocycles. The van der Waals surface area contributed by atoms with Gasteiger partial charge in [-0.2, -0.15) is 0 Å². The highest BCUT2D eigenvalue weighted by Gasteiger charge is 2.34. The second-order valence-corrected chi connectivity index (χ2v) is 7.95. The standard InChI is InChI=1S/C27H25NO7/c1-30-21-8-6-5-7-19(21)28-14-18-20(34-15-28)10-9-17-26(29)25(35-27(17)18)12-16-11-23(32-3)24(33-4)13-22(16)31-2/h5-13H,14-15H2,1-4H3/b25-12-. The molecule has 0 saturated heterocycles. The van der Waals surface area contributed by atoms with Crippen molar-refractivity contribution in [3.05, 3.63) is 71.0 Å². The molecule has 8 heteroatoms. The summed E-state index contributed by atoms with van der Waals surface area (Å²) in [5.74, 6) is 3.46. The van der Waals surface area contributed by atoms with E-state index in [0.29, 0.717) is 53.2 Å². The molecule has 8 nitrogen and oxygen atoms in total. The third-order valence-corrected chi connectivity index (χ3v) is 6.07. The Bertz CT molecular complexity index is 1330. The van der Waals surface area contributed by atoms with Crippen LogP contribution in [0.4, 0.5) is 5.69 Å². The van der Waals surface area contributed by atoms with Gasteiger partial charge >= 0.3 is 0 Å². The van der Waals surface area contributed by atoms with Crippen LogP contribution >= 0.6 is 0 Å². The van der Waals surface area contributed by atoms with E-state index in [9.17, 15) is 4.79 Å². The van der Waals surface area contributed by atoms with Crippen molar-refractivity contribution in [1.29, 1.82) is 0 Å². The van der Waals surface area contributed by atoms with Crippen molar-refractivity contribution in [2.45, 2.75) is 6.54 Å². The highest BCUT2D eigenvalue weighted by atomic mass is 16.5. The van der Waals surface area contributed by atoms with Crippen molar-refractivity contribution in [2.24, 2.45) is 0 Å². The fraction of sp³-hybridized carbons (Fsp3) is 0.222. The number of carbonyl (C=O) groups is 1. The molecule has 0 aliphatic carbocycles. The Hall–Kier alpha value is -4.33. The van der Waals surface area contributed by atoms with Crippen molar-refractivity contribution < 1.29 is 33.2 Å². The van der Waals surface area contributed by atoms with Gasteiger partial charge in [0.05, 0.1) is 51.8 Å². The topological polar surface area (TPSA) is 75.7 Å². The highest BCUT2D eigenvalue weighted by Crippen LogP contribution is 2.44. The number of para-hydroxylation sites is 2. The lowest BCUT2D eigenvalue weighted by atomic mass is 10.0. The molecule has 2 heterocycles. The number of methoxy groups -OCH3 is 4. The number of fused-ring (bicyclic) bond motifs is 3. The molecule has 0 atom stereocenters. The minimum atomic E-state index is -0.214. The minimum Gasteiger partial charge on any atom is -0.496 e. The molecule has 2 aliphatic rings. The van der Waals surface area contributed by atoms with E-state index in [2.05, 4.69) is 0 Å². The molecular formula is C27H25NO7. The first-order chi connectivity index (χ1) is 17.1. The molecule has 0 spiro atoms. The first-order valence-corrected chi connectivity index (χ1v) is 11.0. The predicted octanol–water partition coefficient (Wildman–Crippen LogP) is 4.69. The number of rotatable bonds is 6. The number of ketones is 1. The summed E-state index contributed by atoms with van der Waals surface area (Å²) in [7, 11) is 6.29. The third kappa shape index (κ3) is 3.86. The highest BCUT2D eigenvalue weighted by molar-refractivity contribution is 6.15. The van der Waals surface area contributed by atoms with Gasteiger partial charge in [-0.1, -0.05) is 12.1 Å². The van der Waals surface area contributed by atoms with Gasteiger partial charge in [-0.05, 0) is 36.4 Å². The molecule has 5 rings (SSSR count). The number of hydrogen-bond acceptors (Lipinski definition) is 8. The van der Waals surface area contributed by atoms with Crippen LogP contribution in [0.15, 0.2) is 54.3 Å². The van der Waals surface area contributed by atoms with Crippen molar-refractivity contribution in [3.8, 4) is 34.5 Å². The molecule has 180 valence electrons. The van der Waals surface area contributed by atoms with Crippen molar-refractivity contribution in [1.82, 2.24) is 0 Å². The summed E-state index contributed by atoms with van der Waals surface area (Å²) in [6.45, 7) is 0.852. The van der Waals surface area contributed by atoms with Crippen LogP contribution in [0, 0.1) is 0 Å². The van der Waals surface area contributed by atoms with Crippen LogP contribution in [0.5, 0.6) is 34.5 Å². The fourth-order valence-corrected chi connectivity index (χ4v) is 4.31. The number of carbonyl (C=O) groups excluding carboxylic acids is 1. The minimum absolute atomic E-state index is 0.188. The van der Waals surface area contributed by atoms with E-state index in [4.69, 9.17) is 28.4 Å².